The number of amides is 1. The van der Waals surface area contributed by atoms with E-state index in [4.69, 9.17) is 9.47 Å². The third-order valence-corrected chi connectivity index (χ3v) is 4.39. The standard InChI is InChI=1S/C22H24N2O4/c1-22(2)10-9-14-11-15(5-8-19(14)28-22)21(26)17-7-6-16(27-4)12-18(17)24-20(25)13-23-3/h5-12,23H,13H2,1-4H3,(H,24,25). The third-order valence-electron chi connectivity index (χ3n) is 4.39. The number of ketones is 1. The van der Waals surface area contributed by atoms with Crippen molar-refractivity contribution in [2.45, 2.75) is 19.4 Å². The molecule has 2 aromatic carbocycles. The van der Waals surface area contributed by atoms with Crippen LogP contribution in [0.15, 0.2) is 42.5 Å². The lowest BCUT2D eigenvalue weighted by molar-refractivity contribution is -0.115. The lowest BCUT2D eigenvalue weighted by Gasteiger charge is -2.28. The molecule has 0 saturated heterocycles. The van der Waals surface area contributed by atoms with Crippen LogP contribution < -0.4 is 20.1 Å². The number of carbonyl (C=O) groups excluding carboxylic acids is 2. The van der Waals surface area contributed by atoms with E-state index in [0.717, 1.165) is 11.3 Å². The molecule has 0 aliphatic carbocycles. The number of carbonyl (C=O) groups is 2. The number of nitrogens with one attached hydrogen (secondary N) is 2. The van der Waals surface area contributed by atoms with E-state index in [1.165, 1.54) is 7.11 Å². The van der Waals surface area contributed by atoms with Gasteiger partial charge in [0, 0.05) is 22.8 Å². The first-order chi connectivity index (χ1) is 13.3. The maximum atomic E-state index is 13.1. The van der Waals surface area contributed by atoms with Crippen molar-refractivity contribution in [3.63, 3.8) is 0 Å². The number of methoxy groups -OCH3 is 1. The molecule has 6 heteroatoms. The van der Waals surface area contributed by atoms with Crippen LogP contribution in [0.4, 0.5) is 5.69 Å². The largest absolute Gasteiger partial charge is 0.497 e. The van der Waals surface area contributed by atoms with Gasteiger partial charge in [-0.2, -0.15) is 0 Å². The summed E-state index contributed by atoms with van der Waals surface area (Å²) in [7, 11) is 3.22. The smallest absolute Gasteiger partial charge is 0.238 e. The highest BCUT2D eigenvalue weighted by Gasteiger charge is 2.23. The maximum Gasteiger partial charge on any atom is 0.238 e. The molecule has 1 amide bonds. The molecule has 1 heterocycles. The number of fused-ring (bicyclic) bond motifs is 1. The summed E-state index contributed by atoms with van der Waals surface area (Å²) in [6.45, 7) is 4.09. The zero-order valence-corrected chi connectivity index (χ0v) is 16.5. The van der Waals surface area contributed by atoms with Crippen LogP contribution in [-0.2, 0) is 4.79 Å². The normalized spacial score (nSPS) is 14.0. The predicted molar refractivity (Wildman–Crippen MR) is 109 cm³/mol. The fourth-order valence-corrected chi connectivity index (χ4v) is 2.98. The van der Waals surface area contributed by atoms with E-state index < -0.39 is 0 Å². The Hall–Kier alpha value is -3.12. The van der Waals surface area contributed by atoms with E-state index in [0.29, 0.717) is 22.6 Å². The number of likely N-dealkylation sites (N-methyl/N-ethyl adjacent to an activating group) is 1. The van der Waals surface area contributed by atoms with Crippen LogP contribution in [-0.4, -0.2) is 38.0 Å². The first kappa shape index (κ1) is 19.6. The van der Waals surface area contributed by atoms with E-state index in [1.807, 2.05) is 26.0 Å². The van der Waals surface area contributed by atoms with Crippen LogP contribution in [0.2, 0.25) is 0 Å². The zero-order valence-electron chi connectivity index (χ0n) is 16.5. The first-order valence-electron chi connectivity index (χ1n) is 9.02. The summed E-state index contributed by atoms with van der Waals surface area (Å²) in [6, 6.07) is 10.3. The van der Waals surface area contributed by atoms with Crippen LogP contribution in [0.25, 0.3) is 6.08 Å². The SMILES string of the molecule is CNCC(=O)Nc1cc(OC)ccc1C(=O)c1ccc2c(c1)C=CC(C)(C)O2. The summed E-state index contributed by atoms with van der Waals surface area (Å²) in [5.74, 6) is 0.860. The fraction of sp³-hybridized carbons (Fsp3) is 0.273. The van der Waals surface area contributed by atoms with Crippen LogP contribution in [0.3, 0.4) is 0 Å². The van der Waals surface area contributed by atoms with E-state index in [2.05, 4.69) is 10.6 Å². The molecule has 0 bridgehead atoms. The topological polar surface area (TPSA) is 76.7 Å². The highest BCUT2D eigenvalue weighted by Crippen LogP contribution is 2.33. The minimum atomic E-state index is -0.376. The quantitative estimate of drug-likeness (QED) is 0.752. The van der Waals surface area contributed by atoms with Gasteiger partial charge in [-0.05, 0) is 57.3 Å². The number of rotatable bonds is 6. The molecule has 1 aliphatic heterocycles. The highest BCUT2D eigenvalue weighted by atomic mass is 16.5. The molecule has 1 aliphatic rings. The van der Waals surface area contributed by atoms with Gasteiger partial charge >= 0.3 is 0 Å². The fourth-order valence-electron chi connectivity index (χ4n) is 2.98. The number of benzene rings is 2. The average molecular weight is 380 g/mol. The number of ether oxygens (including phenoxy) is 2. The summed E-state index contributed by atoms with van der Waals surface area (Å²) in [5, 5.41) is 5.56. The van der Waals surface area contributed by atoms with Crippen molar-refractivity contribution in [3.05, 3.63) is 59.2 Å². The predicted octanol–water partition coefficient (Wildman–Crippen LogP) is 3.27. The lowest BCUT2D eigenvalue weighted by Crippen LogP contribution is -2.27. The Morgan fingerprint density at radius 1 is 1.14 bits per heavy atom. The van der Waals surface area contributed by atoms with E-state index in [-0.39, 0.29) is 23.8 Å². The minimum Gasteiger partial charge on any atom is -0.497 e. The Kier molecular flexibility index (Phi) is 5.51. The average Bonchev–Trinajstić information content (AvgIpc) is 2.66. The van der Waals surface area contributed by atoms with Gasteiger partial charge in [-0.25, -0.2) is 0 Å². The molecular formula is C22H24N2O4. The van der Waals surface area contributed by atoms with Gasteiger partial charge in [0.15, 0.2) is 5.78 Å². The van der Waals surface area contributed by atoms with Crippen molar-refractivity contribution < 1.29 is 19.1 Å². The molecule has 0 fully saturated rings. The first-order valence-corrected chi connectivity index (χ1v) is 9.02. The molecule has 0 radical (unpaired) electrons. The molecule has 0 spiro atoms. The van der Waals surface area contributed by atoms with Crippen molar-refractivity contribution in [2.24, 2.45) is 0 Å². The molecule has 2 aromatic rings. The summed E-state index contributed by atoms with van der Waals surface area (Å²) >= 11 is 0. The van der Waals surface area contributed by atoms with Crippen molar-refractivity contribution >= 4 is 23.5 Å². The van der Waals surface area contributed by atoms with Gasteiger partial charge in [-0.15, -0.1) is 0 Å². The van der Waals surface area contributed by atoms with Gasteiger partial charge in [0.05, 0.1) is 19.3 Å². The summed E-state index contributed by atoms with van der Waals surface area (Å²) in [6.07, 6.45) is 3.92. The Morgan fingerprint density at radius 3 is 2.64 bits per heavy atom. The Balaban J connectivity index is 1.95. The molecule has 2 N–H and O–H groups in total. The van der Waals surface area contributed by atoms with Gasteiger partial charge in [-0.1, -0.05) is 6.08 Å². The third kappa shape index (κ3) is 4.23. The number of anilines is 1. The second-order valence-corrected chi connectivity index (χ2v) is 7.11. The molecule has 0 saturated carbocycles. The van der Waals surface area contributed by atoms with Gasteiger partial charge < -0.3 is 20.1 Å². The number of hydrogen-bond acceptors (Lipinski definition) is 5. The molecule has 146 valence electrons. The van der Waals surface area contributed by atoms with Crippen molar-refractivity contribution in [1.29, 1.82) is 0 Å². The lowest BCUT2D eigenvalue weighted by atomic mass is 9.96. The van der Waals surface area contributed by atoms with Gasteiger partial charge in [-0.3, -0.25) is 9.59 Å². The van der Waals surface area contributed by atoms with Crippen molar-refractivity contribution in [3.8, 4) is 11.5 Å². The molecular weight excluding hydrogens is 356 g/mol. The molecule has 0 atom stereocenters. The van der Waals surface area contributed by atoms with E-state index >= 15 is 0 Å². The summed E-state index contributed by atoms with van der Waals surface area (Å²) in [4.78, 5) is 25.2. The molecule has 0 aromatic heterocycles. The maximum absolute atomic E-state index is 13.1. The Bertz CT molecular complexity index is 948. The van der Waals surface area contributed by atoms with E-state index in [1.54, 1.807) is 43.4 Å². The monoisotopic (exact) mass is 380 g/mol. The van der Waals surface area contributed by atoms with E-state index in [9.17, 15) is 9.59 Å². The second-order valence-electron chi connectivity index (χ2n) is 7.11. The highest BCUT2D eigenvalue weighted by molar-refractivity contribution is 6.14. The molecule has 3 rings (SSSR count). The van der Waals surface area contributed by atoms with Crippen LogP contribution in [0.1, 0.15) is 35.3 Å². The zero-order chi connectivity index (χ0) is 20.3. The molecule has 6 nitrogen and oxygen atoms in total. The van der Waals surface area contributed by atoms with Crippen LogP contribution in [0, 0.1) is 0 Å². The van der Waals surface area contributed by atoms with Crippen molar-refractivity contribution in [1.82, 2.24) is 5.32 Å². The molecule has 28 heavy (non-hydrogen) atoms. The number of hydrogen-bond donors (Lipinski definition) is 2. The Morgan fingerprint density at radius 2 is 1.93 bits per heavy atom. The van der Waals surface area contributed by atoms with Gasteiger partial charge in [0.1, 0.15) is 17.1 Å². The molecule has 0 unspecified atom stereocenters. The van der Waals surface area contributed by atoms with Crippen molar-refractivity contribution in [2.75, 3.05) is 26.0 Å². The van der Waals surface area contributed by atoms with Gasteiger partial charge in [0.25, 0.3) is 0 Å². The van der Waals surface area contributed by atoms with Crippen LogP contribution in [0.5, 0.6) is 11.5 Å². The summed E-state index contributed by atoms with van der Waals surface area (Å²) in [5.41, 5.74) is 1.79. The summed E-state index contributed by atoms with van der Waals surface area (Å²) < 4.78 is 11.1. The minimum absolute atomic E-state index is 0.140. The second kappa shape index (κ2) is 7.86. The van der Waals surface area contributed by atoms with Gasteiger partial charge in [0.2, 0.25) is 5.91 Å². The van der Waals surface area contributed by atoms with Crippen LogP contribution >= 0.6 is 0 Å². The Labute approximate surface area is 164 Å².